The Morgan fingerprint density at radius 1 is 1.13 bits per heavy atom. The molecule has 0 N–H and O–H groups in total. The van der Waals surface area contributed by atoms with Crippen molar-refractivity contribution in [3.8, 4) is 0 Å². The average Bonchev–Trinajstić information content (AvgIpc) is 2.28. The summed E-state index contributed by atoms with van der Waals surface area (Å²) in [6.07, 6.45) is 1.69. The van der Waals surface area contributed by atoms with Crippen LogP contribution in [0.2, 0.25) is 0 Å². The highest BCUT2D eigenvalue weighted by atomic mass is 32.2. The predicted molar refractivity (Wildman–Crippen MR) is 65.4 cm³/mol. The number of hydrogen-bond donors (Lipinski definition) is 0. The predicted octanol–water partition coefficient (Wildman–Crippen LogP) is 3.13. The van der Waals surface area contributed by atoms with Crippen molar-refractivity contribution in [1.29, 1.82) is 0 Å². The first kappa shape index (κ1) is 10.3. The lowest BCUT2D eigenvalue weighted by Gasteiger charge is -2.10. The Hall–Kier alpha value is -1.25. The van der Waals surface area contributed by atoms with Crippen molar-refractivity contribution in [3.63, 3.8) is 0 Å². The first-order chi connectivity index (χ1) is 7.33. The third-order valence-corrected chi connectivity index (χ3v) is 3.65. The van der Waals surface area contributed by atoms with Crippen LogP contribution in [0.3, 0.4) is 0 Å². The fraction of sp³-hybridized carbons (Fsp3) is 0.0769. The Bertz CT molecular complexity index is 473. The molecule has 1 nitrogen and oxygen atoms in total. The molecule has 0 amide bonds. The highest BCUT2D eigenvalue weighted by molar-refractivity contribution is 7.91. The van der Waals surface area contributed by atoms with E-state index in [2.05, 4.69) is 6.58 Å². The summed E-state index contributed by atoms with van der Waals surface area (Å²) in [6, 6.07) is 13.9. The number of hydrogen-bond acceptors (Lipinski definition) is 1. The van der Waals surface area contributed by atoms with E-state index >= 15 is 0 Å². The number of fused-ring (bicyclic) bond motifs is 1. The molecular formula is C13H12OS. The molecule has 2 aromatic carbocycles. The van der Waals surface area contributed by atoms with Crippen LogP contribution < -0.4 is 0 Å². The molecule has 0 saturated heterocycles. The normalized spacial score (nSPS) is 12.6. The van der Waals surface area contributed by atoms with Crippen molar-refractivity contribution >= 4 is 21.9 Å². The molecule has 76 valence electrons. The quantitative estimate of drug-likeness (QED) is 0.571. The summed E-state index contributed by atoms with van der Waals surface area (Å²) in [5, 5.41) is 2.20. The highest BCUT2D eigenvalue weighted by Gasteiger charge is 2.11. The summed E-state index contributed by atoms with van der Waals surface area (Å²) < 4.78 is 11.9. The van der Waals surface area contributed by atoms with Gasteiger partial charge < -0.3 is 4.55 Å². The molecule has 0 heterocycles. The molecule has 0 saturated carbocycles. The molecule has 0 bridgehead atoms. The van der Waals surface area contributed by atoms with Gasteiger partial charge in [0.2, 0.25) is 0 Å². The van der Waals surface area contributed by atoms with Gasteiger partial charge in [-0.2, -0.15) is 0 Å². The fourth-order valence-electron chi connectivity index (χ4n) is 1.59. The van der Waals surface area contributed by atoms with Gasteiger partial charge in [-0.1, -0.05) is 36.9 Å². The summed E-state index contributed by atoms with van der Waals surface area (Å²) in [5.41, 5.74) is 0. The minimum atomic E-state index is -0.976. The lowest BCUT2D eigenvalue weighted by molar-refractivity contribution is 0.599. The van der Waals surface area contributed by atoms with E-state index in [0.29, 0.717) is 5.75 Å². The summed E-state index contributed by atoms with van der Waals surface area (Å²) in [4.78, 5) is 0.896. The van der Waals surface area contributed by atoms with E-state index < -0.39 is 11.2 Å². The minimum absolute atomic E-state index is 0.508. The average molecular weight is 216 g/mol. The maximum absolute atomic E-state index is 11.9. The van der Waals surface area contributed by atoms with E-state index in [9.17, 15) is 4.55 Å². The topological polar surface area (TPSA) is 23.1 Å². The molecular weight excluding hydrogens is 204 g/mol. The van der Waals surface area contributed by atoms with Gasteiger partial charge in [0.1, 0.15) is 5.75 Å². The Labute approximate surface area is 92.6 Å². The van der Waals surface area contributed by atoms with E-state index in [1.165, 1.54) is 0 Å². The van der Waals surface area contributed by atoms with Gasteiger partial charge in [0.25, 0.3) is 0 Å². The van der Waals surface area contributed by atoms with Crippen molar-refractivity contribution < 1.29 is 4.55 Å². The van der Waals surface area contributed by atoms with E-state index in [4.69, 9.17) is 0 Å². The molecule has 2 rings (SSSR count). The molecule has 0 aliphatic heterocycles. The first-order valence-electron chi connectivity index (χ1n) is 4.80. The Morgan fingerprint density at radius 2 is 1.87 bits per heavy atom. The van der Waals surface area contributed by atoms with Gasteiger partial charge in [0.15, 0.2) is 4.90 Å². The summed E-state index contributed by atoms with van der Waals surface area (Å²) in [6.45, 7) is 3.61. The van der Waals surface area contributed by atoms with Gasteiger partial charge in [0, 0.05) is 5.39 Å². The molecule has 0 spiro atoms. The first-order valence-corrected chi connectivity index (χ1v) is 6.12. The molecule has 1 atom stereocenters. The van der Waals surface area contributed by atoms with E-state index in [1.807, 2.05) is 42.5 Å². The highest BCUT2D eigenvalue weighted by Crippen LogP contribution is 2.23. The Kier molecular flexibility index (Phi) is 3.09. The van der Waals surface area contributed by atoms with Crippen LogP contribution in [0.1, 0.15) is 0 Å². The van der Waals surface area contributed by atoms with Gasteiger partial charge in [-0.15, -0.1) is 0 Å². The zero-order chi connectivity index (χ0) is 10.7. The molecule has 0 aliphatic rings. The van der Waals surface area contributed by atoms with Crippen LogP contribution in [0, 0.1) is 0 Å². The molecule has 2 heteroatoms. The largest absolute Gasteiger partial charge is 0.611 e. The second-order valence-electron chi connectivity index (χ2n) is 3.28. The lowest BCUT2D eigenvalue weighted by atomic mass is 10.1. The molecule has 0 fully saturated rings. The minimum Gasteiger partial charge on any atom is -0.611 e. The summed E-state index contributed by atoms with van der Waals surface area (Å²) in [7, 11) is 0. The lowest BCUT2D eigenvalue weighted by Crippen LogP contribution is -2.04. The molecule has 15 heavy (non-hydrogen) atoms. The summed E-state index contributed by atoms with van der Waals surface area (Å²) in [5.74, 6) is 0.508. The van der Waals surface area contributed by atoms with Crippen LogP contribution in [-0.2, 0) is 11.2 Å². The summed E-state index contributed by atoms with van der Waals surface area (Å²) >= 11 is -0.976. The van der Waals surface area contributed by atoms with Gasteiger partial charge in [-0.25, -0.2) is 0 Å². The molecule has 0 aliphatic carbocycles. The van der Waals surface area contributed by atoms with Gasteiger partial charge in [-0.05, 0) is 34.8 Å². The van der Waals surface area contributed by atoms with Crippen molar-refractivity contribution in [1.82, 2.24) is 0 Å². The molecule has 1 unspecified atom stereocenters. The monoisotopic (exact) mass is 216 g/mol. The SMILES string of the molecule is C=CC[S+]([O-])c1cccc2ccccc12. The van der Waals surface area contributed by atoms with Crippen LogP contribution in [0.5, 0.6) is 0 Å². The van der Waals surface area contributed by atoms with E-state index in [-0.39, 0.29) is 0 Å². The zero-order valence-corrected chi connectivity index (χ0v) is 9.17. The van der Waals surface area contributed by atoms with Crippen LogP contribution in [-0.4, -0.2) is 10.3 Å². The second kappa shape index (κ2) is 4.51. The molecule has 2 aromatic rings. The third kappa shape index (κ3) is 2.06. The maximum atomic E-state index is 11.9. The van der Waals surface area contributed by atoms with Crippen molar-refractivity contribution in [3.05, 3.63) is 55.1 Å². The van der Waals surface area contributed by atoms with Crippen LogP contribution in [0.4, 0.5) is 0 Å². The molecule has 0 aromatic heterocycles. The van der Waals surface area contributed by atoms with Crippen molar-refractivity contribution in [2.24, 2.45) is 0 Å². The zero-order valence-electron chi connectivity index (χ0n) is 8.35. The van der Waals surface area contributed by atoms with Crippen molar-refractivity contribution in [2.75, 3.05) is 5.75 Å². The van der Waals surface area contributed by atoms with Gasteiger partial charge >= 0.3 is 0 Å². The standard InChI is InChI=1S/C13H12OS/c1-2-10-15(14)13-9-5-7-11-6-3-4-8-12(11)13/h2-9H,1,10H2. The van der Waals surface area contributed by atoms with Crippen LogP contribution in [0.15, 0.2) is 60.0 Å². The smallest absolute Gasteiger partial charge is 0.160 e. The number of rotatable bonds is 3. The molecule has 0 radical (unpaired) electrons. The van der Waals surface area contributed by atoms with Crippen LogP contribution >= 0.6 is 0 Å². The Morgan fingerprint density at radius 3 is 2.67 bits per heavy atom. The maximum Gasteiger partial charge on any atom is 0.160 e. The Balaban J connectivity index is 2.55. The van der Waals surface area contributed by atoms with E-state index in [0.717, 1.165) is 15.7 Å². The van der Waals surface area contributed by atoms with Gasteiger partial charge in [-0.3, -0.25) is 0 Å². The van der Waals surface area contributed by atoms with E-state index in [1.54, 1.807) is 6.08 Å². The number of benzene rings is 2. The fourth-order valence-corrected chi connectivity index (χ4v) is 2.65. The third-order valence-electron chi connectivity index (χ3n) is 2.26. The van der Waals surface area contributed by atoms with Gasteiger partial charge in [0.05, 0.1) is 0 Å². The van der Waals surface area contributed by atoms with Crippen molar-refractivity contribution in [2.45, 2.75) is 4.90 Å². The second-order valence-corrected chi connectivity index (χ2v) is 4.74. The van der Waals surface area contributed by atoms with Crippen LogP contribution in [0.25, 0.3) is 10.8 Å².